The lowest BCUT2D eigenvalue weighted by Gasteiger charge is -2.13. The first kappa shape index (κ1) is 17.4. The van der Waals surface area contributed by atoms with Gasteiger partial charge in [-0.3, -0.25) is 4.98 Å². The number of anilines is 1. The highest BCUT2D eigenvalue weighted by Gasteiger charge is 2.33. The van der Waals surface area contributed by atoms with Crippen molar-refractivity contribution in [1.82, 2.24) is 25.2 Å². The Bertz CT molecular complexity index is 896. The highest BCUT2D eigenvalue weighted by molar-refractivity contribution is 6.43. The second-order valence-corrected chi connectivity index (χ2v) is 5.66. The molecule has 11 heteroatoms. The zero-order valence-electron chi connectivity index (χ0n) is 12.3. The summed E-state index contributed by atoms with van der Waals surface area (Å²) < 4.78 is 40.3. The predicted octanol–water partition coefficient (Wildman–Crippen LogP) is 4.00. The van der Waals surface area contributed by atoms with Crippen LogP contribution in [0.25, 0.3) is 5.69 Å². The third kappa shape index (κ3) is 3.67. The van der Waals surface area contributed by atoms with Gasteiger partial charge in [-0.2, -0.15) is 17.9 Å². The van der Waals surface area contributed by atoms with Crippen LogP contribution in [0.4, 0.5) is 19.1 Å². The van der Waals surface area contributed by atoms with Crippen molar-refractivity contribution in [2.24, 2.45) is 0 Å². The smallest absolute Gasteiger partial charge is 0.349 e. The molecule has 3 rings (SSSR count). The average Bonchev–Trinajstić information content (AvgIpc) is 3.03. The van der Waals surface area contributed by atoms with Crippen molar-refractivity contribution >= 4 is 29.2 Å². The van der Waals surface area contributed by atoms with Crippen LogP contribution in [0.15, 0.2) is 36.7 Å². The van der Waals surface area contributed by atoms with E-state index in [1.807, 2.05) is 0 Å². The number of tetrazole rings is 1. The van der Waals surface area contributed by atoms with E-state index >= 15 is 0 Å². The van der Waals surface area contributed by atoms with E-state index in [1.54, 1.807) is 18.2 Å². The van der Waals surface area contributed by atoms with Crippen LogP contribution in [-0.2, 0) is 12.7 Å². The van der Waals surface area contributed by atoms with E-state index in [-0.39, 0.29) is 23.1 Å². The number of rotatable bonds is 4. The van der Waals surface area contributed by atoms with Gasteiger partial charge in [0.15, 0.2) is 0 Å². The zero-order valence-corrected chi connectivity index (χ0v) is 13.8. The van der Waals surface area contributed by atoms with Crippen LogP contribution in [-0.4, -0.2) is 25.2 Å². The maximum Gasteiger partial charge on any atom is 0.418 e. The Morgan fingerprint density at radius 2 is 1.96 bits per heavy atom. The molecule has 0 atom stereocenters. The van der Waals surface area contributed by atoms with E-state index < -0.39 is 11.7 Å². The first-order valence-corrected chi connectivity index (χ1v) is 7.60. The third-order valence-corrected chi connectivity index (χ3v) is 4.09. The van der Waals surface area contributed by atoms with Crippen molar-refractivity contribution in [2.75, 3.05) is 5.32 Å². The molecule has 1 N–H and O–H groups in total. The first-order valence-electron chi connectivity index (χ1n) is 6.84. The van der Waals surface area contributed by atoms with E-state index in [0.29, 0.717) is 10.7 Å². The fourth-order valence-electron chi connectivity index (χ4n) is 2.12. The van der Waals surface area contributed by atoms with Crippen LogP contribution in [0.3, 0.4) is 0 Å². The summed E-state index contributed by atoms with van der Waals surface area (Å²) >= 11 is 12.1. The summed E-state index contributed by atoms with van der Waals surface area (Å²) in [7, 11) is 0. The number of hydrogen-bond acceptors (Lipinski definition) is 5. The third-order valence-electron chi connectivity index (χ3n) is 3.28. The molecule has 0 aliphatic heterocycles. The SMILES string of the molecule is FC(F)(F)c1cnccc1CNc1nnnn1-c1cccc(Cl)c1Cl. The van der Waals surface area contributed by atoms with Crippen LogP contribution in [0.5, 0.6) is 0 Å². The van der Waals surface area contributed by atoms with Gasteiger partial charge in [-0.05, 0) is 34.2 Å². The number of pyridine rings is 1. The topological polar surface area (TPSA) is 68.5 Å². The predicted molar refractivity (Wildman–Crippen MR) is 85.7 cm³/mol. The van der Waals surface area contributed by atoms with Crippen molar-refractivity contribution in [1.29, 1.82) is 0 Å². The van der Waals surface area contributed by atoms with Crippen molar-refractivity contribution in [2.45, 2.75) is 12.7 Å². The Balaban J connectivity index is 1.88. The van der Waals surface area contributed by atoms with Crippen molar-refractivity contribution in [3.05, 3.63) is 57.8 Å². The van der Waals surface area contributed by atoms with Gasteiger partial charge < -0.3 is 5.32 Å². The van der Waals surface area contributed by atoms with E-state index in [2.05, 4.69) is 25.8 Å². The highest BCUT2D eigenvalue weighted by atomic mass is 35.5. The highest BCUT2D eigenvalue weighted by Crippen LogP contribution is 2.32. The maximum atomic E-state index is 13.0. The molecule has 0 fully saturated rings. The number of nitrogens with zero attached hydrogens (tertiary/aromatic N) is 5. The lowest BCUT2D eigenvalue weighted by molar-refractivity contribution is -0.138. The van der Waals surface area contributed by atoms with Gasteiger partial charge in [0.2, 0.25) is 5.95 Å². The second-order valence-electron chi connectivity index (χ2n) is 4.87. The number of hydrogen-bond donors (Lipinski definition) is 1. The van der Waals surface area contributed by atoms with Crippen LogP contribution in [0, 0.1) is 0 Å². The summed E-state index contributed by atoms with van der Waals surface area (Å²) in [6.45, 7) is -0.157. The number of aromatic nitrogens is 5. The molecule has 1 aromatic carbocycles. The van der Waals surface area contributed by atoms with Crippen LogP contribution >= 0.6 is 23.2 Å². The summed E-state index contributed by atoms with van der Waals surface area (Å²) in [5.41, 5.74) is -0.427. The fraction of sp³-hybridized carbons (Fsp3) is 0.143. The van der Waals surface area contributed by atoms with Gasteiger partial charge in [-0.25, -0.2) is 0 Å². The molecule has 0 radical (unpaired) electrons. The van der Waals surface area contributed by atoms with Crippen LogP contribution < -0.4 is 5.32 Å². The molecule has 0 unspecified atom stereocenters. The summed E-state index contributed by atoms with van der Waals surface area (Å²) in [4.78, 5) is 3.52. The van der Waals surface area contributed by atoms with Crippen LogP contribution in [0.1, 0.15) is 11.1 Å². The maximum absolute atomic E-state index is 13.0. The summed E-state index contributed by atoms with van der Waals surface area (Å²) in [5.74, 6) is 0.120. The molecule has 0 amide bonds. The van der Waals surface area contributed by atoms with Gasteiger partial charge in [0, 0.05) is 18.9 Å². The normalized spacial score (nSPS) is 11.6. The molecule has 3 aromatic rings. The number of alkyl halides is 3. The van der Waals surface area contributed by atoms with Gasteiger partial charge in [0.05, 0.1) is 21.3 Å². The zero-order chi connectivity index (χ0) is 18.0. The molecule has 0 aliphatic rings. The second kappa shape index (κ2) is 6.85. The number of nitrogens with one attached hydrogen (secondary N) is 1. The standard InChI is InChI=1S/C14H9Cl2F3N6/c15-10-2-1-3-11(12(10)16)25-13(22-23-24-25)21-6-8-4-5-20-7-9(8)14(17,18)19/h1-5,7H,6H2,(H,21,22,24). The van der Waals surface area contributed by atoms with E-state index in [1.165, 1.54) is 16.9 Å². The molecule has 0 spiro atoms. The lowest BCUT2D eigenvalue weighted by atomic mass is 10.1. The monoisotopic (exact) mass is 388 g/mol. The molecule has 0 bridgehead atoms. The van der Waals surface area contributed by atoms with E-state index in [0.717, 1.165) is 6.20 Å². The van der Waals surface area contributed by atoms with Crippen LogP contribution in [0.2, 0.25) is 10.0 Å². The molecule has 2 heterocycles. The molecule has 0 saturated heterocycles. The fourth-order valence-corrected chi connectivity index (χ4v) is 2.50. The summed E-state index contributed by atoms with van der Waals surface area (Å²) in [5, 5.41) is 14.4. The van der Waals surface area contributed by atoms with Gasteiger partial charge in [-0.1, -0.05) is 34.4 Å². The Labute approximate surface area is 149 Å². The number of halogens is 5. The molecule has 0 aliphatic carbocycles. The molecule has 130 valence electrons. The van der Waals surface area contributed by atoms with E-state index in [9.17, 15) is 13.2 Å². The average molecular weight is 389 g/mol. The van der Waals surface area contributed by atoms with Gasteiger partial charge >= 0.3 is 6.18 Å². The van der Waals surface area contributed by atoms with Crippen molar-refractivity contribution in [3.63, 3.8) is 0 Å². The Hall–Kier alpha value is -2.39. The van der Waals surface area contributed by atoms with E-state index in [4.69, 9.17) is 23.2 Å². The van der Waals surface area contributed by atoms with Crippen molar-refractivity contribution < 1.29 is 13.2 Å². The molecule has 2 aromatic heterocycles. The molecular weight excluding hydrogens is 380 g/mol. The largest absolute Gasteiger partial charge is 0.418 e. The summed E-state index contributed by atoms with van der Waals surface area (Å²) in [6.07, 6.45) is -2.45. The van der Waals surface area contributed by atoms with Gasteiger partial charge in [-0.15, -0.1) is 0 Å². The van der Waals surface area contributed by atoms with Crippen molar-refractivity contribution in [3.8, 4) is 5.69 Å². The lowest BCUT2D eigenvalue weighted by Crippen LogP contribution is -2.14. The minimum Gasteiger partial charge on any atom is -0.349 e. The summed E-state index contributed by atoms with van der Waals surface area (Å²) in [6, 6.07) is 6.15. The minimum absolute atomic E-state index is 0.00856. The molecule has 6 nitrogen and oxygen atoms in total. The van der Waals surface area contributed by atoms with Gasteiger partial charge in [0.1, 0.15) is 0 Å². The molecular formula is C14H9Cl2F3N6. The molecule has 0 saturated carbocycles. The Morgan fingerprint density at radius 3 is 2.72 bits per heavy atom. The minimum atomic E-state index is -4.51. The Kier molecular flexibility index (Phi) is 4.78. The van der Waals surface area contributed by atoms with Gasteiger partial charge in [0.25, 0.3) is 0 Å². The molecule has 25 heavy (non-hydrogen) atoms. The number of benzene rings is 1. The first-order chi connectivity index (χ1) is 11.9. The quantitative estimate of drug-likeness (QED) is 0.731. The Morgan fingerprint density at radius 1 is 1.16 bits per heavy atom.